The highest BCUT2D eigenvalue weighted by molar-refractivity contribution is 5.86. The average molecular weight is 751 g/mol. The lowest BCUT2D eigenvalue weighted by molar-refractivity contribution is -0.144. The molecule has 0 aliphatic carbocycles. The fourth-order valence-electron chi connectivity index (χ4n) is 3.91. The number of rotatable bonds is 33. The lowest BCUT2D eigenvalue weighted by Gasteiger charge is -2.17. The Labute approximate surface area is 301 Å². The van der Waals surface area contributed by atoms with Gasteiger partial charge in [0, 0.05) is 38.9 Å². The van der Waals surface area contributed by atoms with Gasteiger partial charge in [0.15, 0.2) is 0 Å². The Hall–Kier alpha value is -4.44. The second kappa shape index (κ2) is 30.2. The number of aliphatic carboxylic acids is 3. The van der Waals surface area contributed by atoms with Crippen molar-refractivity contribution in [1.29, 1.82) is 0 Å². The van der Waals surface area contributed by atoms with E-state index in [9.17, 15) is 48.6 Å². The number of carboxylic acids is 3. The highest BCUT2D eigenvalue weighted by Crippen LogP contribution is 2.03. The van der Waals surface area contributed by atoms with Gasteiger partial charge in [-0.3, -0.25) is 28.8 Å². The molecule has 10 N–H and O–H groups in total. The fourth-order valence-corrected chi connectivity index (χ4v) is 3.91. The van der Waals surface area contributed by atoms with Gasteiger partial charge >= 0.3 is 17.9 Å². The number of carbonyl (C=O) groups is 8. The molecule has 5 amide bonds. The fraction of sp³-hybridized carbons (Fsp3) is 0.742. The Kier molecular flexibility index (Phi) is 27.6. The van der Waals surface area contributed by atoms with E-state index in [2.05, 4.69) is 26.6 Å². The van der Waals surface area contributed by atoms with Crippen molar-refractivity contribution < 1.29 is 72.6 Å². The number of nitrogens with one attached hydrogen (secondary N) is 5. The van der Waals surface area contributed by atoms with Gasteiger partial charge in [0.05, 0.1) is 39.6 Å². The third kappa shape index (κ3) is 27.3. The summed E-state index contributed by atoms with van der Waals surface area (Å²) >= 11 is 0. The van der Waals surface area contributed by atoms with E-state index in [1.165, 1.54) is 0 Å². The summed E-state index contributed by atoms with van der Waals surface area (Å²) in [7, 11) is 0. The molecule has 0 aromatic heterocycles. The van der Waals surface area contributed by atoms with Crippen molar-refractivity contribution in [2.45, 2.75) is 76.4 Å². The van der Waals surface area contributed by atoms with Gasteiger partial charge in [-0.25, -0.2) is 9.59 Å². The lowest BCUT2D eigenvalue weighted by atomic mass is 10.1. The van der Waals surface area contributed by atoms with Crippen LogP contribution in [0.4, 0.5) is 0 Å². The zero-order valence-electron chi connectivity index (χ0n) is 29.5. The van der Waals surface area contributed by atoms with E-state index >= 15 is 0 Å². The van der Waals surface area contributed by atoms with Gasteiger partial charge < -0.3 is 66.6 Å². The Morgan fingerprint density at radius 3 is 1.44 bits per heavy atom. The van der Waals surface area contributed by atoms with Crippen molar-refractivity contribution in [3.8, 4) is 0 Å². The van der Waals surface area contributed by atoms with Gasteiger partial charge in [-0.05, 0) is 25.7 Å². The van der Waals surface area contributed by atoms with Crippen molar-refractivity contribution in [3.05, 3.63) is 0 Å². The van der Waals surface area contributed by atoms with Gasteiger partial charge in [-0.2, -0.15) is 0 Å². The van der Waals surface area contributed by atoms with Crippen LogP contribution >= 0.6 is 0 Å². The van der Waals surface area contributed by atoms with Crippen molar-refractivity contribution >= 4 is 47.4 Å². The van der Waals surface area contributed by atoms with E-state index in [-0.39, 0.29) is 103 Å². The van der Waals surface area contributed by atoms with Crippen LogP contribution in [0.15, 0.2) is 0 Å². The smallest absolute Gasteiger partial charge is 0.326 e. The molecule has 0 fully saturated rings. The Morgan fingerprint density at radius 1 is 0.519 bits per heavy atom. The van der Waals surface area contributed by atoms with Crippen molar-refractivity contribution in [2.24, 2.45) is 5.73 Å². The molecular weight excluding hydrogens is 696 g/mol. The number of carboxylic acid groups (broad SMARTS) is 3. The van der Waals surface area contributed by atoms with Crippen LogP contribution in [0.2, 0.25) is 0 Å². The van der Waals surface area contributed by atoms with Crippen LogP contribution in [0.5, 0.6) is 0 Å². The summed E-state index contributed by atoms with van der Waals surface area (Å²) in [4.78, 5) is 93.3. The molecule has 0 spiro atoms. The Balaban J connectivity index is 3.96. The molecule has 0 aromatic rings. The molecule has 0 aliphatic rings. The van der Waals surface area contributed by atoms with Gasteiger partial charge in [-0.15, -0.1) is 0 Å². The summed E-state index contributed by atoms with van der Waals surface area (Å²) in [5.41, 5.74) is 5.33. The zero-order chi connectivity index (χ0) is 39.1. The largest absolute Gasteiger partial charge is 0.480 e. The highest BCUT2D eigenvalue weighted by atomic mass is 16.5. The van der Waals surface area contributed by atoms with E-state index < -0.39 is 66.8 Å². The van der Waals surface area contributed by atoms with Gasteiger partial charge in [-0.1, -0.05) is 13.3 Å². The maximum Gasteiger partial charge on any atom is 0.326 e. The number of unbranched alkanes of at least 4 members (excludes halogenated alkanes) is 1. The predicted molar refractivity (Wildman–Crippen MR) is 180 cm³/mol. The van der Waals surface area contributed by atoms with Crippen molar-refractivity contribution in [1.82, 2.24) is 26.6 Å². The number of amides is 5. The quantitative estimate of drug-likeness (QED) is 0.0304. The molecule has 298 valence electrons. The maximum atomic E-state index is 12.3. The second-order valence-corrected chi connectivity index (χ2v) is 11.2. The van der Waals surface area contributed by atoms with E-state index in [0.29, 0.717) is 6.54 Å². The minimum Gasteiger partial charge on any atom is -0.480 e. The van der Waals surface area contributed by atoms with Crippen LogP contribution in [-0.4, -0.2) is 153 Å². The van der Waals surface area contributed by atoms with Crippen LogP contribution in [-0.2, 0) is 57.3 Å². The van der Waals surface area contributed by atoms with Crippen LogP contribution < -0.4 is 32.3 Å². The summed E-state index contributed by atoms with van der Waals surface area (Å²) in [6, 6.07) is -3.87. The Morgan fingerprint density at radius 2 is 0.942 bits per heavy atom. The van der Waals surface area contributed by atoms with Gasteiger partial charge in [0.1, 0.15) is 31.3 Å². The number of hydrogen-bond acceptors (Lipinski definition) is 13. The molecule has 0 aliphatic heterocycles. The minimum atomic E-state index is -1.44. The maximum absolute atomic E-state index is 12.3. The van der Waals surface area contributed by atoms with Crippen LogP contribution in [0.25, 0.3) is 0 Å². The minimum absolute atomic E-state index is 0.0135. The molecule has 21 nitrogen and oxygen atoms in total. The van der Waals surface area contributed by atoms with E-state index in [0.717, 1.165) is 12.8 Å². The standard InChI is InChI=1S/C31H54N6O15/c1-2-3-10-33-25(39)8-5-22(30(45)46)36-26(40)9-6-23(31(47)48)37-28(42)20-52-18-16-50-14-12-35-27(41)19-51-17-15-49-13-11-34-24(38)7-4-21(32)29(43)44/h21-23H,2-20,32H2,1H3,(H,33,39)(H,34,38)(H,35,41)(H,36,40)(H,37,42)(H,43,44)(H,45,46)(H,47,48)/t21-,22-,23?/m0/s1. The molecular formula is C31H54N6O15. The predicted octanol–water partition coefficient (Wildman–Crippen LogP) is -2.91. The van der Waals surface area contributed by atoms with Crippen molar-refractivity contribution in [3.63, 3.8) is 0 Å². The number of hydrogen-bond donors (Lipinski definition) is 9. The van der Waals surface area contributed by atoms with Crippen LogP contribution in [0, 0.1) is 0 Å². The molecule has 0 bridgehead atoms. The summed E-state index contributed by atoms with van der Waals surface area (Å²) < 4.78 is 20.9. The Bertz CT molecular complexity index is 1130. The summed E-state index contributed by atoms with van der Waals surface area (Å²) in [5, 5.41) is 39.7. The molecule has 0 saturated heterocycles. The molecule has 52 heavy (non-hydrogen) atoms. The number of ether oxygens (including phenoxy) is 4. The first-order valence-corrected chi connectivity index (χ1v) is 16.9. The molecule has 0 rings (SSSR count). The summed E-state index contributed by atoms with van der Waals surface area (Å²) in [6.07, 6.45) is 0.695. The normalized spacial score (nSPS) is 12.5. The topological polar surface area (TPSA) is 320 Å². The van der Waals surface area contributed by atoms with Crippen LogP contribution in [0.3, 0.4) is 0 Å². The SMILES string of the molecule is CCCCNC(=O)CC[C@H](NC(=O)CCC(NC(=O)COCCOCCNC(=O)COCCOCCNC(=O)CC[C@H](N)C(=O)O)C(=O)O)C(=O)O. The van der Waals surface area contributed by atoms with E-state index in [1.807, 2.05) is 6.92 Å². The average Bonchev–Trinajstić information content (AvgIpc) is 3.09. The number of carbonyl (C=O) groups excluding carboxylic acids is 5. The highest BCUT2D eigenvalue weighted by Gasteiger charge is 2.24. The first kappa shape index (κ1) is 47.6. The third-order valence-corrected chi connectivity index (χ3v) is 6.79. The first-order chi connectivity index (χ1) is 24.8. The van der Waals surface area contributed by atoms with Gasteiger partial charge in [0.25, 0.3) is 0 Å². The molecule has 3 atom stereocenters. The van der Waals surface area contributed by atoms with Crippen molar-refractivity contribution in [2.75, 3.05) is 72.5 Å². The molecule has 0 saturated carbocycles. The lowest BCUT2D eigenvalue weighted by Crippen LogP contribution is -2.45. The van der Waals surface area contributed by atoms with Gasteiger partial charge in [0.2, 0.25) is 29.5 Å². The number of nitrogens with two attached hydrogens (primary N) is 1. The molecule has 0 radical (unpaired) electrons. The first-order valence-electron chi connectivity index (χ1n) is 16.9. The zero-order valence-corrected chi connectivity index (χ0v) is 29.5. The van der Waals surface area contributed by atoms with E-state index in [4.69, 9.17) is 29.8 Å². The summed E-state index contributed by atoms with van der Waals surface area (Å²) in [6.45, 7) is 2.81. The summed E-state index contributed by atoms with van der Waals surface area (Å²) in [5.74, 6) is -6.50. The third-order valence-electron chi connectivity index (χ3n) is 6.79. The molecule has 0 heterocycles. The monoisotopic (exact) mass is 750 g/mol. The second-order valence-electron chi connectivity index (χ2n) is 11.2. The molecule has 1 unspecified atom stereocenters. The van der Waals surface area contributed by atoms with E-state index in [1.54, 1.807) is 0 Å². The van der Waals surface area contributed by atoms with Crippen LogP contribution in [0.1, 0.15) is 58.3 Å². The molecule has 0 aromatic carbocycles. The molecule has 21 heteroatoms.